The van der Waals surface area contributed by atoms with E-state index in [1.54, 1.807) is 12.1 Å². The molecule has 0 radical (unpaired) electrons. The van der Waals surface area contributed by atoms with Crippen LogP contribution in [0.15, 0.2) is 18.2 Å². The van der Waals surface area contributed by atoms with Gasteiger partial charge in [-0.15, -0.1) is 0 Å². The van der Waals surface area contributed by atoms with Gasteiger partial charge in [0.1, 0.15) is 5.82 Å². The summed E-state index contributed by atoms with van der Waals surface area (Å²) in [6.07, 6.45) is 0. The van der Waals surface area contributed by atoms with E-state index in [2.05, 4.69) is 26.1 Å². The molecule has 4 heteroatoms. The molecule has 1 N–H and O–H groups in total. The zero-order valence-electron chi connectivity index (χ0n) is 11.1. The lowest BCUT2D eigenvalue weighted by molar-refractivity contribution is 0.253. The number of hydrogen-bond acceptors (Lipinski definition) is 2. The number of piperazine rings is 1. The number of nitrogens with zero attached hydrogens (tertiary/aromatic N) is 1. The molecule has 0 aromatic heterocycles. The summed E-state index contributed by atoms with van der Waals surface area (Å²) in [6.45, 7) is 9.00. The third-order valence-corrected chi connectivity index (χ3v) is 3.78. The van der Waals surface area contributed by atoms with Gasteiger partial charge in [0.2, 0.25) is 0 Å². The third-order valence-electron chi connectivity index (χ3n) is 3.47. The molecule has 0 bridgehead atoms. The monoisotopic (exact) mass is 270 g/mol. The van der Waals surface area contributed by atoms with E-state index < -0.39 is 0 Å². The predicted octanol–water partition coefficient (Wildman–Crippen LogP) is 3.30. The Kier molecular flexibility index (Phi) is 3.83. The largest absolute Gasteiger partial charge is 0.365 e. The van der Waals surface area contributed by atoms with Gasteiger partial charge in [-0.3, -0.25) is 0 Å². The SMILES string of the molecule is CC(C)(C)C1CN(c2c(F)cccc2Cl)CCN1. The molecule has 1 fully saturated rings. The lowest BCUT2D eigenvalue weighted by Crippen LogP contribution is -2.56. The Morgan fingerprint density at radius 1 is 1.39 bits per heavy atom. The zero-order valence-corrected chi connectivity index (χ0v) is 11.9. The molecular formula is C14H20ClFN2. The number of hydrogen-bond donors (Lipinski definition) is 1. The van der Waals surface area contributed by atoms with Crippen LogP contribution in [0.2, 0.25) is 5.02 Å². The highest BCUT2D eigenvalue weighted by molar-refractivity contribution is 6.33. The molecule has 18 heavy (non-hydrogen) atoms. The first-order chi connectivity index (χ1) is 8.39. The van der Waals surface area contributed by atoms with Gasteiger partial charge in [0.25, 0.3) is 0 Å². The fourth-order valence-corrected chi connectivity index (χ4v) is 2.61. The Morgan fingerprint density at radius 2 is 2.11 bits per heavy atom. The quantitative estimate of drug-likeness (QED) is 0.842. The number of nitrogens with one attached hydrogen (secondary N) is 1. The Bertz CT molecular complexity index is 408. The van der Waals surface area contributed by atoms with Crippen molar-refractivity contribution in [2.75, 3.05) is 24.5 Å². The van der Waals surface area contributed by atoms with Crippen molar-refractivity contribution in [3.8, 4) is 0 Å². The molecule has 1 aromatic carbocycles. The van der Waals surface area contributed by atoms with E-state index in [1.165, 1.54) is 6.07 Å². The summed E-state index contributed by atoms with van der Waals surface area (Å²) in [6, 6.07) is 5.19. The molecule has 0 aliphatic carbocycles. The highest BCUT2D eigenvalue weighted by Crippen LogP contribution is 2.31. The Labute approximate surface area is 113 Å². The topological polar surface area (TPSA) is 15.3 Å². The maximum atomic E-state index is 13.9. The molecule has 1 saturated heterocycles. The summed E-state index contributed by atoms with van der Waals surface area (Å²) >= 11 is 6.12. The fraction of sp³-hybridized carbons (Fsp3) is 0.571. The van der Waals surface area contributed by atoms with Crippen LogP contribution in [0.3, 0.4) is 0 Å². The first kappa shape index (κ1) is 13.6. The van der Waals surface area contributed by atoms with Crippen molar-refractivity contribution < 1.29 is 4.39 Å². The van der Waals surface area contributed by atoms with Crippen molar-refractivity contribution in [3.05, 3.63) is 29.0 Å². The van der Waals surface area contributed by atoms with Gasteiger partial charge in [-0.05, 0) is 17.5 Å². The van der Waals surface area contributed by atoms with Gasteiger partial charge in [-0.2, -0.15) is 0 Å². The lowest BCUT2D eigenvalue weighted by Gasteiger charge is -2.41. The van der Waals surface area contributed by atoms with Crippen molar-refractivity contribution in [2.45, 2.75) is 26.8 Å². The zero-order chi connectivity index (χ0) is 13.3. The van der Waals surface area contributed by atoms with Crippen LogP contribution in [-0.2, 0) is 0 Å². The number of rotatable bonds is 1. The minimum absolute atomic E-state index is 0.149. The fourth-order valence-electron chi connectivity index (χ4n) is 2.32. The lowest BCUT2D eigenvalue weighted by atomic mass is 9.85. The molecule has 2 rings (SSSR count). The Balaban J connectivity index is 2.24. The average molecular weight is 271 g/mol. The normalized spacial score (nSPS) is 21.2. The number of benzene rings is 1. The standard InChI is InChI=1S/C14H20ClFN2/c1-14(2,3)12-9-18(8-7-17-12)13-10(15)5-4-6-11(13)16/h4-6,12,17H,7-9H2,1-3H3. The summed E-state index contributed by atoms with van der Waals surface area (Å²) in [5.41, 5.74) is 0.686. The average Bonchev–Trinajstić information content (AvgIpc) is 2.28. The van der Waals surface area contributed by atoms with Crippen molar-refractivity contribution in [2.24, 2.45) is 5.41 Å². The minimum atomic E-state index is -0.239. The Hall–Kier alpha value is -0.800. The summed E-state index contributed by atoms with van der Waals surface area (Å²) in [5.74, 6) is -0.239. The van der Waals surface area contributed by atoms with E-state index in [9.17, 15) is 4.39 Å². The molecule has 1 aliphatic rings. The summed E-state index contributed by atoms with van der Waals surface area (Å²) < 4.78 is 13.9. The molecule has 1 heterocycles. The second kappa shape index (κ2) is 5.06. The van der Waals surface area contributed by atoms with Crippen LogP contribution in [0.4, 0.5) is 10.1 Å². The van der Waals surface area contributed by atoms with Crippen molar-refractivity contribution in [1.82, 2.24) is 5.32 Å². The van der Waals surface area contributed by atoms with E-state index in [1.807, 2.05) is 4.90 Å². The second-order valence-corrected chi connectivity index (χ2v) is 6.30. The van der Waals surface area contributed by atoms with Gasteiger partial charge in [0.15, 0.2) is 0 Å². The van der Waals surface area contributed by atoms with Crippen LogP contribution in [0.1, 0.15) is 20.8 Å². The number of para-hydroxylation sites is 1. The minimum Gasteiger partial charge on any atom is -0.365 e. The van der Waals surface area contributed by atoms with E-state index in [0.717, 1.165) is 19.6 Å². The van der Waals surface area contributed by atoms with E-state index in [-0.39, 0.29) is 11.2 Å². The van der Waals surface area contributed by atoms with Crippen molar-refractivity contribution >= 4 is 17.3 Å². The molecule has 1 aromatic rings. The van der Waals surface area contributed by atoms with Gasteiger partial charge >= 0.3 is 0 Å². The maximum absolute atomic E-state index is 13.9. The molecule has 100 valence electrons. The van der Waals surface area contributed by atoms with Gasteiger partial charge in [-0.1, -0.05) is 38.4 Å². The molecule has 0 amide bonds. The molecule has 1 atom stereocenters. The summed E-state index contributed by atoms with van der Waals surface area (Å²) in [4.78, 5) is 2.05. The summed E-state index contributed by atoms with van der Waals surface area (Å²) in [7, 11) is 0. The van der Waals surface area contributed by atoms with Crippen LogP contribution in [0.25, 0.3) is 0 Å². The Morgan fingerprint density at radius 3 is 2.72 bits per heavy atom. The van der Waals surface area contributed by atoms with Crippen LogP contribution < -0.4 is 10.2 Å². The van der Waals surface area contributed by atoms with Crippen molar-refractivity contribution in [3.63, 3.8) is 0 Å². The molecule has 0 spiro atoms. The number of anilines is 1. The van der Waals surface area contributed by atoms with Crippen LogP contribution in [0.5, 0.6) is 0 Å². The van der Waals surface area contributed by atoms with E-state index in [0.29, 0.717) is 16.8 Å². The van der Waals surface area contributed by atoms with E-state index >= 15 is 0 Å². The highest BCUT2D eigenvalue weighted by Gasteiger charge is 2.30. The molecule has 1 aliphatic heterocycles. The van der Waals surface area contributed by atoms with Gasteiger partial charge < -0.3 is 10.2 Å². The van der Waals surface area contributed by atoms with Crippen LogP contribution in [-0.4, -0.2) is 25.7 Å². The van der Waals surface area contributed by atoms with Gasteiger partial charge in [0, 0.05) is 25.7 Å². The van der Waals surface area contributed by atoms with Crippen molar-refractivity contribution in [1.29, 1.82) is 0 Å². The molecule has 0 saturated carbocycles. The van der Waals surface area contributed by atoms with Gasteiger partial charge in [0.05, 0.1) is 10.7 Å². The second-order valence-electron chi connectivity index (χ2n) is 5.89. The number of halogens is 2. The summed E-state index contributed by atoms with van der Waals surface area (Å²) in [5, 5.41) is 3.98. The first-order valence-corrected chi connectivity index (χ1v) is 6.70. The molecule has 2 nitrogen and oxygen atoms in total. The van der Waals surface area contributed by atoms with Crippen LogP contribution >= 0.6 is 11.6 Å². The molecular weight excluding hydrogens is 251 g/mol. The maximum Gasteiger partial charge on any atom is 0.148 e. The first-order valence-electron chi connectivity index (χ1n) is 6.32. The van der Waals surface area contributed by atoms with E-state index in [4.69, 9.17) is 11.6 Å². The predicted molar refractivity (Wildman–Crippen MR) is 74.9 cm³/mol. The van der Waals surface area contributed by atoms with Crippen LogP contribution in [0, 0.1) is 11.2 Å². The smallest absolute Gasteiger partial charge is 0.148 e. The van der Waals surface area contributed by atoms with Gasteiger partial charge in [-0.25, -0.2) is 4.39 Å². The highest BCUT2D eigenvalue weighted by atomic mass is 35.5. The molecule has 1 unspecified atom stereocenters. The third kappa shape index (κ3) is 2.78.